The zero-order valence-electron chi connectivity index (χ0n) is 9.67. The lowest BCUT2D eigenvalue weighted by molar-refractivity contribution is -0.0359. The van der Waals surface area contributed by atoms with Crippen molar-refractivity contribution in [1.29, 1.82) is 0 Å². The van der Waals surface area contributed by atoms with E-state index in [1.54, 1.807) is 0 Å². The van der Waals surface area contributed by atoms with Gasteiger partial charge in [0.15, 0.2) is 0 Å². The number of rotatable bonds is 0. The van der Waals surface area contributed by atoms with E-state index in [0.717, 1.165) is 24.8 Å². The van der Waals surface area contributed by atoms with Crippen LogP contribution in [0.5, 0.6) is 0 Å². The van der Waals surface area contributed by atoms with Crippen molar-refractivity contribution in [3.8, 4) is 0 Å². The van der Waals surface area contributed by atoms with Gasteiger partial charge in [0.1, 0.15) is 5.76 Å². The summed E-state index contributed by atoms with van der Waals surface area (Å²) in [6, 6.07) is 2.21. The molecule has 1 unspecified atom stereocenters. The molecule has 3 atom stereocenters. The number of nitrogens with one attached hydrogen (secondary N) is 1. The summed E-state index contributed by atoms with van der Waals surface area (Å²) < 4.78 is 5.63. The third-order valence-electron chi connectivity index (χ3n) is 5.14. The predicted octanol–water partition coefficient (Wildman–Crippen LogP) is 2.83. The molecule has 0 bridgehead atoms. The van der Waals surface area contributed by atoms with Crippen LogP contribution in [0.4, 0.5) is 0 Å². The van der Waals surface area contributed by atoms with Gasteiger partial charge in [0.2, 0.25) is 0 Å². The van der Waals surface area contributed by atoms with Gasteiger partial charge in [0.25, 0.3) is 0 Å². The second kappa shape index (κ2) is 3.13. The summed E-state index contributed by atoms with van der Waals surface area (Å²) in [5.74, 6) is 3.13. The molecule has 86 valence electrons. The molecule has 0 radical (unpaired) electrons. The molecule has 2 nitrogen and oxygen atoms in total. The van der Waals surface area contributed by atoms with Gasteiger partial charge in [-0.15, -0.1) is 0 Å². The second-order valence-electron chi connectivity index (χ2n) is 5.76. The number of hydrogen-bond acceptors (Lipinski definition) is 2. The van der Waals surface area contributed by atoms with Crippen LogP contribution >= 0.6 is 0 Å². The van der Waals surface area contributed by atoms with Crippen LogP contribution in [0.25, 0.3) is 0 Å². The van der Waals surface area contributed by atoms with Crippen molar-refractivity contribution in [3.63, 3.8) is 0 Å². The maximum atomic E-state index is 5.63. The molecule has 2 saturated carbocycles. The average Bonchev–Trinajstić information content (AvgIpc) is 2.76. The Morgan fingerprint density at radius 2 is 2.25 bits per heavy atom. The Bertz CT molecular complexity index is 411. The molecule has 2 heterocycles. The molecule has 0 aromatic carbocycles. The summed E-state index contributed by atoms with van der Waals surface area (Å²) in [7, 11) is 0. The number of fused-ring (bicyclic) bond motifs is 4. The first-order valence-electron chi connectivity index (χ1n) is 6.72. The largest absolute Gasteiger partial charge is 0.469 e. The Kier molecular flexibility index (Phi) is 1.82. The maximum Gasteiger partial charge on any atom is 0.110 e. The van der Waals surface area contributed by atoms with Crippen molar-refractivity contribution < 1.29 is 4.42 Å². The smallest absolute Gasteiger partial charge is 0.110 e. The summed E-state index contributed by atoms with van der Waals surface area (Å²) >= 11 is 0. The SMILES string of the molecule is c1cc2c(o1)CCNC21C[C@@H]2CCCC[C@@H]21. The summed E-state index contributed by atoms with van der Waals surface area (Å²) in [4.78, 5) is 0. The molecule has 3 aliphatic rings. The Hall–Kier alpha value is -0.760. The van der Waals surface area contributed by atoms with E-state index in [-0.39, 0.29) is 0 Å². The van der Waals surface area contributed by atoms with Gasteiger partial charge in [-0.25, -0.2) is 0 Å². The standard InChI is InChI=1S/C14H19NO/c1-2-4-11-10(3-1)9-14(11)12-6-8-16-13(12)5-7-15-14/h6,8,10-11,15H,1-5,7,9H2/t10-,11-,14?/m0/s1. The first-order chi connectivity index (χ1) is 7.90. The van der Waals surface area contributed by atoms with Gasteiger partial charge >= 0.3 is 0 Å². The maximum absolute atomic E-state index is 5.63. The topological polar surface area (TPSA) is 25.2 Å². The highest BCUT2D eigenvalue weighted by atomic mass is 16.3. The molecular weight excluding hydrogens is 198 g/mol. The Labute approximate surface area is 96.4 Å². The van der Waals surface area contributed by atoms with Crippen molar-refractivity contribution >= 4 is 0 Å². The van der Waals surface area contributed by atoms with E-state index in [2.05, 4.69) is 11.4 Å². The van der Waals surface area contributed by atoms with Crippen molar-refractivity contribution in [1.82, 2.24) is 5.32 Å². The van der Waals surface area contributed by atoms with E-state index < -0.39 is 0 Å². The van der Waals surface area contributed by atoms with Crippen LogP contribution in [-0.4, -0.2) is 6.54 Å². The Morgan fingerprint density at radius 3 is 3.19 bits per heavy atom. The van der Waals surface area contributed by atoms with E-state index in [1.807, 2.05) is 6.26 Å². The molecule has 1 aliphatic heterocycles. The van der Waals surface area contributed by atoms with Gasteiger partial charge in [-0.3, -0.25) is 0 Å². The highest BCUT2D eigenvalue weighted by Gasteiger charge is 2.56. The van der Waals surface area contributed by atoms with E-state index in [9.17, 15) is 0 Å². The molecule has 0 amide bonds. The van der Waals surface area contributed by atoms with E-state index in [0.29, 0.717) is 5.54 Å². The summed E-state index contributed by atoms with van der Waals surface area (Å²) in [5, 5.41) is 3.81. The molecule has 16 heavy (non-hydrogen) atoms. The summed E-state index contributed by atoms with van der Waals surface area (Å²) in [6.45, 7) is 1.10. The highest BCUT2D eigenvalue weighted by molar-refractivity contribution is 5.35. The third-order valence-corrected chi connectivity index (χ3v) is 5.14. The van der Waals surface area contributed by atoms with Gasteiger partial charge in [0, 0.05) is 18.5 Å². The highest BCUT2D eigenvalue weighted by Crippen LogP contribution is 2.58. The van der Waals surface area contributed by atoms with Crippen molar-refractivity contribution in [2.75, 3.05) is 6.54 Å². The van der Waals surface area contributed by atoms with Crippen LogP contribution in [0.3, 0.4) is 0 Å². The van der Waals surface area contributed by atoms with Gasteiger partial charge in [-0.1, -0.05) is 19.3 Å². The van der Waals surface area contributed by atoms with Crippen LogP contribution in [-0.2, 0) is 12.0 Å². The van der Waals surface area contributed by atoms with Crippen LogP contribution in [0.2, 0.25) is 0 Å². The minimum absolute atomic E-state index is 0.311. The minimum atomic E-state index is 0.311. The van der Waals surface area contributed by atoms with E-state index in [4.69, 9.17) is 4.42 Å². The van der Waals surface area contributed by atoms with Crippen LogP contribution in [0.15, 0.2) is 16.7 Å². The fourth-order valence-corrected chi connectivity index (χ4v) is 4.44. The van der Waals surface area contributed by atoms with Gasteiger partial charge in [-0.2, -0.15) is 0 Å². The molecule has 2 heteroatoms. The van der Waals surface area contributed by atoms with Crippen LogP contribution in [0, 0.1) is 11.8 Å². The molecule has 2 aliphatic carbocycles. The Morgan fingerprint density at radius 1 is 1.31 bits per heavy atom. The fourth-order valence-electron chi connectivity index (χ4n) is 4.44. The van der Waals surface area contributed by atoms with Gasteiger partial charge in [-0.05, 0) is 30.7 Å². The number of hydrogen-bond donors (Lipinski definition) is 1. The first kappa shape index (κ1) is 9.29. The minimum Gasteiger partial charge on any atom is -0.469 e. The zero-order chi connectivity index (χ0) is 10.6. The first-order valence-corrected chi connectivity index (χ1v) is 6.72. The fraction of sp³-hybridized carbons (Fsp3) is 0.714. The van der Waals surface area contributed by atoms with Crippen molar-refractivity contribution in [3.05, 3.63) is 23.7 Å². The van der Waals surface area contributed by atoms with Crippen molar-refractivity contribution in [2.45, 2.75) is 44.1 Å². The summed E-state index contributed by atoms with van der Waals surface area (Å²) in [6.07, 6.45) is 10.1. The number of furan rings is 1. The molecule has 4 rings (SSSR count). The molecular formula is C14H19NO. The molecule has 1 spiro atoms. The zero-order valence-corrected chi connectivity index (χ0v) is 9.67. The average molecular weight is 217 g/mol. The quantitative estimate of drug-likeness (QED) is 0.723. The second-order valence-corrected chi connectivity index (χ2v) is 5.76. The molecule has 1 aromatic rings. The lowest BCUT2D eigenvalue weighted by Crippen LogP contribution is -2.63. The van der Waals surface area contributed by atoms with Crippen LogP contribution in [0.1, 0.15) is 43.4 Å². The monoisotopic (exact) mass is 217 g/mol. The lowest BCUT2D eigenvalue weighted by atomic mass is 9.51. The molecule has 1 N–H and O–H groups in total. The van der Waals surface area contributed by atoms with Crippen molar-refractivity contribution in [2.24, 2.45) is 11.8 Å². The predicted molar refractivity (Wildman–Crippen MR) is 62.2 cm³/mol. The molecule has 1 aromatic heterocycles. The molecule has 2 fully saturated rings. The van der Waals surface area contributed by atoms with E-state index in [1.165, 1.54) is 43.4 Å². The van der Waals surface area contributed by atoms with Crippen LogP contribution < -0.4 is 5.32 Å². The summed E-state index contributed by atoms with van der Waals surface area (Å²) in [5.41, 5.74) is 1.80. The lowest BCUT2D eigenvalue weighted by Gasteiger charge is -2.59. The molecule has 0 saturated heterocycles. The third kappa shape index (κ3) is 1.01. The van der Waals surface area contributed by atoms with Gasteiger partial charge < -0.3 is 9.73 Å². The Balaban J connectivity index is 1.74. The normalized spacial score (nSPS) is 41.2. The van der Waals surface area contributed by atoms with E-state index >= 15 is 0 Å². The van der Waals surface area contributed by atoms with Gasteiger partial charge in [0.05, 0.1) is 11.8 Å².